The van der Waals surface area contributed by atoms with E-state index < -0.39 is 17.7 Å². The first-order valence-electron chi connectivity index (χ1n) is 7.20. The number of carbonyl (C=O) groups is 2. The van der Waals surface area contributed by atoms with E-state index in [0.717, 1.165) is 11.5 Å². The highest BCUT2D eigenvalue weighted by Crippen LogP contribution is 2.44. The summed E-state index contributed by atoms with van der Waals surface area (Å²) in [6, 6.07) is 6.95. The smallest absolute Gasteiger partial charge is 0.350 e. The lowest BCUT2D eigenvalue weighted by molar-refractivity contribution is -0.242. The van der Waals surface area contributed by atoms with Crippen LogP contribution in [0.25, 0.3) is 0 Å². The van der Waals surface area contributed by atoms with Gasteiger partial charge in [-0.3, -0.25) is 0 Å². The number of esters is 2. The third-order valence-electron chi connectivity index (χ3n) is 3.67. The van der Waals surface area contributed by atoms with Crippen molar-refractivity contribution in [1.29, 1.82) is 0 Å². The predicted octanol–water partition coefficient (Wildman–Crippen LogP) is 3.05. The second kappa shape index (κ2) is 6.49. The van der Waals surface area contributed by atoms with E-state index in [4.69, 9.17) is 14.2 Å². The summed E-state index contributed by atoms with van der Waals surface area (Å²) in [6.45, 7) is 1.81. The predicted molar refractivity (Wildman–Crippen MR) is 89.1 cm³/mol. The third-order valence-corrected chi connectivity index (χ3v) is 6.39. The van der Waals surface area contributed by atoms with E-state index in [1.165, 1.54) is 23.5 Å². The van der Waals surface area contributed by atoms with Gasteiger partial charge in [-0.25, -0.2) is 9.59 Å². The van der Waals surface area contributed by atoms with Gasteiger partial charge < -0.3 is 14.2 Å². The molecule has 1 aromatic carbocycles. The molecule has 0 amide bonds. The molecular formula is C16H16O5S2. The van der Waals surface area contributed by atoms with Gasteiger partial charge in [0.1, 0.15) is 5.75 Å². The number of hydrogen-bond donors (Lipinski definition) is 0. The molecule has 2 aliphatic rings. The molecule has 0 N–H and O–H groups in total. The summed E-state index contributed by atoms with van der Waals surface area (Å²) >= 11 is 2.98. The monoisotopic (exact) mass is 352 g/mol. The molecule has 3 rings (SSSR count). The molecule has 122 valence electrons. The molecule has 2 fully saturated rings. The van der Waals surface area contributed by atoms with E-state index in [2.05, 4.69) is 0 Å². The van der Waals surface area contributed by atoms with Crippen molar-refractivity contribution in [3.05, 3.63) is 39.6 Å². The van der Waals surface area contributed by atoms with E-state index in [9.17, 15) is 9.59 Å². The Morgan fingerprint density at radius 1 is 1.09 bits per heavy atom. The first-order valence-corrected chi connectivity index (χ1v) is 9.18. The van der Waals surface area contributed by atoms with Gasteiger partial charge in [-0.05, 0) is 24.3 Å². The topological polar surface area (TPSA) is 61.8 Å². The molecule has 0 spiro atoms. The zero-order valence-corrected chi connectivity index (χ0v) is 14.4. The third kappa shape index (κ3) is 2.95. The van der Waals surface area contributed by atoms with Crippen LogP contribution >= 0.6 is 23.5 Å². The molecule has 2 saturated heterocycles. The van der Waals surface area contributed by atoms with E-state index in [-0.39, 0.29) is 5.57 Å². The summed E-state index contributed by atoms with van der Waals surface area (Å²) in [5.74, 6) is -0.178. The molecule has 0 aromatic heterocycles. The van der Waals surface area contributed by atoms with Gasteiger partial charge >= 0.3 is 11.9 Å². The fraction of sp³-hybridized carbons (Fsp3) is 0.375. The van der Waals surface area contributed by atoms with Crippen molar-refractivity contribution >= 4 is 35.5 Å². The number of carbonyl (C=O) groups excluding carboxylic acids is 2. The van der Waals surface area contributed by atoms with Crippen molar-refractivity contribution in [2.75, 3.05) is 18.6 Å². The Labute approximate surface area is 142 Å². The first kappa shape index (κ1) is 16.3. The van der Waals surface area contributed by atoms with E-state index >= 15 is 0 Å². The molecule has 0 unspecified atom stereocenters. The minimum atomic E-state index is -1.38. The van der Waals surface area contributed by atoms with Crippen LogP contribution < -0.4 is 4.74 Å². The highest BCUT2D eigenvalue weighted by molar-refractivity contribution is 8.25. The van der Waals surface area contributed by atoms with Gasteiger partial charge in [0, 0.05) is 23.5 Å². The number of hydrogen-bond acceptors (Lipinski definition) is 7. The fourth-order valence-corrected chi connectivity index (χ4v) is 4.93. The van der Waals surface area contributed by atoms with Crippen LogP contribution in [0.4, 0.5) is 0 Å². The maximum Gasteiger partial charge on any atom is 0.350 e. The maximum absolute atomic E-state index is 12.4. The van der Waals surface area contributed by atoms with Gasteiger partial charge in [-0.2, -0.15) is 0 Å². The second-order valence-electron chi connectivity index (χ2n) is 4.97. The Bertz CT molecular complexity index is 638. The Morgan fingerprint density at radius 2 is 1.65 bits per heavy atom. The van der Waals surface area contributed by atoms with Crippen molar-refractivity contribution in [2.24, 2.45) is 0 Å². The molecule has 1 aromatic rings. The largest absolute Gasteiger partial charge is 0.497 e. The Hall–Kier alpha value is -1.60. The highest BCUT2D eigenvalue weighted by Gasteiger charge is 2.48. The average Bonchev–Trinajstić information content (AvgIpc) is 3.08. The van der Waals surface area contributed by atoms with Crippen LogP contribution in [-0.2, 0) is 24.8 Å². The molecule has 7 heteroatoms. The number of cyclic esters (lactones) is 2. The molecule has 0 aliphatic carbocycles. The number of rotatable bonds is 3. The fourth-order valence-electron chi connectivity index (χ4n) is 2.44. The van der Waals surface area contributed by atoms with Crippen molar-refractivity contribution < 1.29 is 23.8 Å². The standard InChI is InChI=1S/C16H16O5S2/c1-3-16(10-4-6-11(19-2)7-5-10)20-13(17)12(14(18)21-16)15-22-8-9-23-15/h4-7H,3,8-9H2,1-2H3. The number of thioether (sulfide) groups is 2. The van der Waals surface area contributed by atoms with Gasteiger partial charge in [0.2, 0.25) is 0 Å². The molecule has 0 saturated carbocycles. The van der Waals surface area contributed by atoms with Crippen LogP contribution in [0, 0.1) is 0 Å². The summed E-state index contributed by atoms with van der Waals surface area (Å²) in [6.07, 6.45) is 0.333. The summed E-state index contributed by atoms with van der Waals surface area (Å²) in [7, 11) is 1.57. The van der Waals surface area contributed by atoms with Crippen LogP contribution in [0.3, 0.4) is 0 Å². The normalized spacial score (nSPS) is 24.4. The number of benzene rings is 1. The quantitative estimate of drug-likeness (QED) is 0.471. The van der Waals surface area contributed by atoms with Crippen LogP contribution in [-0.4, -0.2) is 30.6 Å². The van der Waals surface area contributed by atoms with Crippen molar-refractivity contribution in [2.45, 2.75) is 19.1 Å². The SMILES string of the molecule is CCC1(c2ccc(OC)cc2)OC(=O)C(=C2SCCS2)C(=O)O1. The zero-order chi connectivity index (χ0) is 16.4. The molecule has 2 aliphatic heterocycles. The second-order valence-corrected chi connectivity index (χ2v) is 7.44. The van der Waals surface area contributed by atoms with Gasteiger partial charge in [0.05, 0.1) is 11.3 Å². The lowest BCUT2D eigenvalue weighted by Crippen LogP contribution is -2.44. The van der Waals surface area contributed by atoms with Gasteiger partial charge in [-0.1, -0.05) is 6.92 Å². The molecule has 2 heterocycles. The van der Waals surface area contributed by atoms with Crippen LogP contribution in [0.5, 0.6) is 5.75 Å². The van der Waals surface area contributed by atoms with Crippen LogP contribution in [0.1, 0.15) is 18.9 Å². The zero-order valence-electron chi connectivity index (χ0n) is 12.8. The van der Waals surface area contributed by atoms with E-state index in [0.29, 0.717) is 22.0 Å². The lowest BCUT2D eigenvalue weighted by atomic mass is 10.0. The van der Waals surface area contributed by atoms with E-state index in [1.54, 1.807) is 31.4 Å². The van der Waals surface area contributed by atoms with Crippen LogP contribution in [0.15, 0.2) is 34.1 Å². The molecular weight excluding hydrogens is 336 g/mol. The summed E-state index contributed by atoms with van der Waals surface area (Å²) in [4.78, 5) is 24.9. The average molecular weight is 352 g/mol. The number of ether oxygens (including phenoxy) is 3. The minimum absolute atomic E-state index is 0.0232. The minimum Gasteiger partial charge on any atom is -0.497 e. The van der Waals surface area contributed by atoms with Gasteiger partial charge in [-0.15, -0.1) is 23.5 Å². The Morgan fingerprint density at radius 3 is 2.13 bits per heavy atom. The highest BCUT2D eigenvalue weighted by atomic mass is 32.2. The van der Waals surface area contributed by atoms with Gasteiger partial charge in [0.15, 0.2) is 5.57 Å². The molecule has 0 bridgehead atoms. The van der Waals surface area contributed by atoms with E-state index in [1.807, 2.05) is 6.92 Å². The van der Waals surface area contributed by atoms with Gasteiger partial charge in [0.25, 0.3) is 5.79 Å². The molecule has 0 atom stereocenters. The lowest BCUT2D eigenvalue weighted by Gasteiger charge is -2.36. The summed E-state index contributed by atoms with van der Waals surface area (Å²) in [5.41, 5.74) is 0.633. The number of methoxy groups -OCH3 is 1. The Kier molecular flexibility index (Phi) is 4.59. The Balaban J connectivity index is 1.94. The molecule has 23 heavy (non-hydrogen) atoms. The van der Waals surface area contributed by atoms with Crippen molar-refractivity contribution in [3.63, 3.8) is 0 Å². The first-order chi connectivity index (χ1) is 11.1. The molecule has 5 nitrogen and oxygen atoms in total. The van der Waals surface area contributed by atoms with Crippen molar-refractivity contribution in [3.8, 4) is 5.75 Å². The maximum atomic E-state index is 12.4. The van der Waals surface area contributed by atoms with Crippen LogP contribution in [0.2, 0.25) is 0 Å². The summed E-state index contributed by atoms with van der Waals surface area (Å²) < 4.78 is 17.0. The van der Waals surface area contributed by atoms with Crippen molar-refractivity contribution in [1.82, 2.24) is 0 Å². The molecule has 0 radical (unpaired) electrons. The summed E-state index contributed by atoms with van der Waals surface area (Å²) in [5, 5.41) is 0.